The summed E-state index contributed by atoms with van der Waals surface area (Å²) in [7, 11) is 0. The second-order valence-corrected chi connectivity index (χ2v) is 6.73. The maximum Gasteiger partial charge on any atom is 0.322 e. The maximum absolute atomic E-state index is 13.0. The zero-order valence-corrected chi connectivity index (χ0v) is 14.5. The summed E-state index contributed by atoms with van der Waals surface area (Å²) < 4.78 is 18.7. The first-order valence-electron chi connectivity index (χ1n) is 8.83. The van der Waals surface area contributed by atoms with Gasteiger partial charge in [0.1, 0.15) is 17.3 Å². The van der Waals surface area contributed by atoms with Crippen LogP contribution in [0.25, 0.3) is 0 Å². The van der Waals surface area contributed by atoms with Crippen LogP contribution in [0.3, 0.4) is 0 Å². The van der Waals surface area contributed by atoms with Crippen molar-refractivity contribution < 1.29 is 18.7 Å². The third kappa shape index (κ3) is 3.84. The molecule has 3 aliphatic heterocycles. The molecule has 3 amide bonds. The van der Waals surface area contributed by atoms with E-state index in [1.807, 2.05) is 0 Å². The number of pyridine rings is 1. The summed E-state index contributed by atoms with van der Waals surface area (Å²) in [5, 5.41) is 5.76. The van der Waals surface area contributed by atoms with Crippen LogP contribution in [0.1, 0.15) is 12.8 Å². The van der Waals surface area contributed by atoms with Crippen molar-refractivity contribution in [2.75, 3.05) is 18.4 Å². The number of ether oxygens (including phenoxy) is 1. The molecule has 8 heteroatoms. The van der Waals surface area contributed by atoms with E-state index in [-0.39, 0.29) is 35.6 Å². The van der Waals surface area contributed by atoms with Gasteiger partial charge in [-0.2, -0.15) is 0 Å². The smallest absolute Gasteiger partial charge is 0.322 e. The van der Waals surface area contributed by atoms with Crippen molar-refractivity contribution in [1.82, 2.24) is 15.2 Å². The molecule has 3 fully saturated rings. The number of amides is 3. The summed E-state index contributed by atoms with van der Waals surface area (Å²) >= 11 is 0. The SMILES string of the molecule is O=C1N[C@H]2CC[C@@H]1CN(C(=O)Nc1cccnc1Oc1ccc(F)cc1)C2. The summed E-state index contributed by atoms with van der Waals surface area (Å²) in [6.45, 7) is 0.866. The molecule has 2 aromatic rings. The van der Waals surface area contributed by atoms with Crippen molar-refractivity contribution in [3.05, 3.63) is 48.4 Å². The number of hydrogen-bond donors (Lipinski definition) is 2. The van der Waals surface area contributed by atoms with E-state index in [0.29, 0.717) is 24.5 Å². The number of fused-ring (bicyclic) bond motifs is 4. The molecular formula is C19H19FN4O3. The van der Waals surface area contributed by atoms with Gasteiger partial charge in [0.2, 0.25) is 11.8 Å². The molecule has 2 bridgehead atoms. The lowest BCUT2D eigenvalue weighted by atomic mass is 9.96. The third-order valence-electron chi connectivity index (χ3n) is 4.79. The van der Waals surface area contributed by atoms with Crippen LogP contribution in [0.4, 0.5) is 14.9 Å². The number of halogens is 1. The highest BCUT2D eigenvalue weighted by atomic mass is 19.1. The standard InChI is InChI=1S/C19H19FN4O3/c20-13-4-7-15(8-5-13)27-18-16(2-1-9-21-18)23-19(26)24-10-12-3-6-14(11-24)22-17(12)25/h1-2,4-5,7-9,12,14H,3,6,10-11H2,(H,22,25)(H,23,26)/t12-,14+/m1/s1. The fourth-order valence-corrected chi connectivity index (χ4v) is 3.38. The first-order chi connectivity index (χ1) is 13.1. The Kier molecular flexibility index (Phi) is 4.62. The van der Waals surface area contributed by atoms with Gasteiger partial charge in [0.05, 0.1) is 5.92 Å². The highest BCUT2D eigenvalue weighted by Gasteiger charge is 2.36. The van der Waals surface area contributed by atoms with Gasteiger partial charge >= 0.3 is 6.03 Å². The number of nitrogens with zero attached hydrogens (tertiary/aromatic N) is 2. The van der Waals surface area contributed by atoms with Crippen LogP contribution in [-0.4, -0.2) is 41.0 Å². The van der Waals surface area contributed by atoms with Gasteiger partial charge in [0.25, 0.3) is 0 Å². The number of hydrogen-bond acceptors (Lipinski definition) is 4. The molecule has 3 aliphatic rings. The maximum atomic E-state index is 13.0. The van der Waals surface area contributed by atoms with Gasteiger partial charge < -0.3 is 20.3 Å². The largest absolute Gasteiger partial charge is 0.437 e. The van der Waals surface area contributed by atoms with Crippen LogP contribution < -0.4 is 15.4 Å². The summed E-state index contributed by atoms with van der Waals surface area (Å²) in [5.74, 6) is 0.107. The number of benzene rings is 1. The van der Waals surface area contributed by atoms with Crippen LogP contribution in [0, 0.1) is 11.7 Å². The molecule has 0 spiro atoms. The van der Waals surface area contributed by atoms with E-state index in [1.165, 1.54) is 24.3 Å². The van der Waals surface area contributed by atoms with Crippen LogP contribution in [-0.2, 0) is 4.79 Å². The van der Waals surface area contributed by atoms with Crippen LogP contribution >= 0.6 is 0 Å². The van der Waals surface area contributed by atoms with Gasteiger partial charge in [-0.15, -0.1) is 0 Å². The van der Waals surface area contributed by atoms with Crippen LogP contribution in [0.2, 0.25) is 0 Å². The Labute approximate surface area is 155 Å². The van der Waals surface area contributed by atoms with Gasteiger partial charge in [0, 0.05) is 25.3 Å². The van der Waals surface area contributed by atoms with Gasteiger partial charge in [-0.25, -0.2) is 14.2 Å². The second-order valence-electron chi connectivity index (χ2n) is 6.73. The fourth-order valence-electron chi connectivity index (χ4n) is 3.38. The Morgan fingerprint density at radius 2 is 2.04 bits per heavy atom. The highest BCUT2D eigenvalue weighted by molar-refractivity contribution is 5.91. The quantitative estimate of drug-likeness (QED) is 0.870. The number of carbonyl (C=O) groups is 2. The van der Waals surface area contributed by atoms with Crippen molar-refractivity contribution in [3.63, 3.8) is 0 Å². The Hall–Kier alpha value is -3.16. The molecule has 140 valence electrons. The number of anilines is 1. The van der Waals surface area contributed by atoms with Crippen LogP contribution in [0.15, 0.2) is 42.6 Å². The zero-order chi connectivity index (χ0) is 18.8. The number of carbonyl (C=O) groups excluding carboxylic acids is 2. The number of aromatic nitrogens is 1. The van der Waals surface area contributed by atoms with Crippen molar-refractivity contribution in [2.24, 2.45) is 5.92 Å². The lowest BCUT2D eigenvalue weighted by Gasteiger charge is -2.23. The van der Waals surface area contributed by atoms with E-state index >= 15 is 0 Å². The molecule has 4 heterocycles. The predicted octanol–water partition coefficient (Wildman–Crippen LogP) is 2.76. The molecular weight excluding hydrogens is 351 g/mol. The molecule has 7 nitrogen and oxygen atoms in total. The third-order valence-corrected chi connectivity index (χ3v) is 4.79. The predicted molar refractivity (Wildman–Crippen MR) is 96.0 cm³/mol. The molecule has 5 rings (SSSR count). The normalized spacial score (nSPS) is 21.4. The van der Waals surface area contributed by atoms with Crippen molar-refractivity contribution in [3.8, 4) is 11.6 Å². The fraction of sp³-hybridized carbons (Fsp3) is 0.316. The Morgan fingerprint density at radius 3 is 2.81 bits per heavy atom. The summed E-state index contributed by atoms with van der Waals surface area (Å²) in [6.07, 6.45) is 3.22. The van der Waals surface area contributed by atoms with Crippen molar-refractivity contribution in [1.29, 1.82) is 0 Å². The molecule has 1 aromatic heterocycles. The monoisotopic (exact) mass is 370 g/mol. The van der Waals surface area contributed by atoms with Crippen molar-refractivity contribution >= 4 is 17.6 Å². The van der Waals surface area contributed by atoms with Crippen LogP contribution in [0.5, 0.6) is 11.6 Å². The van der Waals surface area contributed by atoms with E-state index < -0.39 is 0 Å². The van der Waals surface area contributed by atoms with Gasteiger partial charge in [-0.1, -0.05) is 0 Å². The molecule has 3 saturated heterocycles. The van der Waals surface area contributed by atoms with E-state index in [0.717, 1.165) is 12.8 Å². The molecule has 0 saturated carbocycles. The van der Waals surface area contributed by atoms with Gasteiger partial charge in [-0.3, -0.25) is 4.79 Å². The van der Waals surface area contributed by atoms with E-state index in [4.69, 9.17) is 4.74 Å². The Balaban J connectivity index is 1.48. The van der Waals surface area contributed by atoms with Crippen molar-refractivity contribution in [2.45, 2.75) is 18.9 Å². The first kappa shape index (κ1) is 17.3. The minimum absolute atomic E-state index is 0.00849. The molecule has 27 heavy (non-hydrogen) atoms. The number of piperidine rings is 1. The van der Waals surface area contributed by atoms with Gasteiger partial charge in [0.15, 0.2) is 0 Å². The number of urea groups is 1. The molecule has 2 N–H and O–H groups in total. The minimum atomic E-state index is -0.365. The topological polar surface area (TPSA) is 83.6 Å². The second kappa shape index (κ2) is 7.22. The lowest BCUT2D eigenvalue weighted by molar-refractivity contribution is -0.126. The lowest BCUT2D eigenvalue weighted by Crippen LogP contribution is -2.44. The Bertz CT molecular complexity index is 858. The molecule has 2 atom stereocenters. The average Bonchev–Trinajstić information content (AvgIpc) is 2.96. The minimum Gasteiger partial charge on any atom is -0.437 e. The molecule has 0 unspecified atom stereocenters. The van der Waals surface area contributed by atoms with E-state index in [2.05, 4.69) is 15.6 Å². The highest BCUT2D eigenvalue weighted by Crippen LogP contribution is 2.28. The number of nitrogens with one attached hydrogen (secondary N) is 2. The first-order valence-corrected chi connectivity index (χ1v) is 8.83. The molecule has 0 aliphatic carbocycles. The van der Waals surface area contributed by atoms with Gasteiger partial charge in [-0.05, 0) is 49.2 Å². The Morgan fingerprint density at radius 1 is 1.22 bits per heavy atom. The summed E-state index contributed by atoms with van der Waals surface area (Å²) in [6, 6.07) is 8.59. The average molecular weight is 370 g/mol. The zero-order valence-electron chi connectivity index (χ0n) is 14.5. The van der Waals surface area contributed by atoms with E-state index in [1.54, 1.807) is 23.2 Å². The molecule has 1 aromatic carbocycles. The summed E-state index contributed by atoms with van der Waals surface area (Å²) in [5.41, 5.74) is 0.405. The summed E-state index contributed by atoms with van der Waals surface area (Å²) in [4.78, 5) is 30.5. The van der Waals surface area contributed by atoms with E-state index in [9.17, 15) is 14.0 Å². The molecule has 0 radical (unpaired) electrons. The number of rotatable bonds is 3.